The summed E-state index contributed by atoms with van der Waals surface area (Å²) in [4.78, 5) is 11.7. The number of fused-ring (bicyclic) bond motifs is 1. The Morgan fingerprint density at radius 2 is 1.65 bits per heavy atom. The highest BCUT2D eigenvalue weighted by molar-refractivity contribution is 5.80. The summed E-state index contributed by atoms with van der Waals surface area (Å²) in [5.41, 5.74) is 7.16. The lowest BCUT2D eigenvalue weighted by molar-refractivity contribution is 0.792. The average molecular weight is 354 g/mol. The molecule has 0 aromatic carbocycles. The second-order valence-electron chi connectivity index (χ2n) is 6.30. The van der Waals surface area contributed by atoms with Crippen molar-refractivity contribution in [1.29, 1.82) is 0 Å². The molecule has 5 nitrogen and oxygen atoms in total. The summed E-state index contributed by atoms with van der Waals surface area (Å²) in [5.74, 6) is 1.08. The molecule has 0 atom stereocenters. The number of rotatable bonds is 4. The molecule has 0 aliphatic carbocycles. The van der Waals surface area contributed by atoms with Crippen molar-refractivity contribution in [3.63, 3.8) is 0 Å². The van der Waals surface area contributed by atoms with Crippen LogP contribution >= 0.6 is 0 Å². The molecule has 0 aliphatic rings. The van der Waals surface area contributed by atoms with Crippen molar-refractivity contribution in [2.24, 2.45) is 0 Å². The SMILES string of the molecule is CC.CCN(CC)c1cc(C)nc2c(-c3ncc(C)cc3C)c(C)nn12. The van der Waals surface area contributed by atoms with Gasteiger partial charge in [0.1, 0.15) is 5.82 Å². The van der Waals surface area contributed by atoms with Crippen molar-refractivity contribution < 1.29 is 0 Å². The predicted octanol–water partition coefficient (Wildman–Crippen LogP) is 4.90. The second-order valence-corrected chi connectivity index (χ2v) is 6.30. The lowest BCUT2D eigenvalue weighted by atomic mass is 10.1. The van der Waals surface area contributed by atoms with Crippen LogP contribution in [0.3, 0.4) is 0 Å². The summed E-state index contributed by atoms with van der Waals surface area (Å²) in [7, 11) is 0. The number of aryl methyl sites for hydroxylation is 4. The highest BCUT2D eigenvalue weighted by Gasteiger charge is 2.20. The fourth-order valence-electron chi connectivity index (χ4n) is 3.25. The standard InChI is InChI=1S/C19H25N5.C2H6/c1-7-23(8-2)16-10-14(5)21-19-17(15(6)22-24(16)19)18-13(4)9-12(3)11-20-18;1-2/h9-11H,7-8H2,1-6H3;1-2H3. The quantitative estimate of drug-likeness (QED) is 0.669. The van der Waals surface area contributed by atoms with E-state index in [1.54, 1.807) is 0 Å². The van der Waals surface area contributed by atoms with Gasteiger partial charge in [0, 0.05) is 31.0 Å². The van der Waals surface area contributed by atoms with E-state index in [2.05, 4.69) is 49.7 Å². The summed E-state index contributed by atoms with van der Waals surface area (Å²) >= 11 is 0. The first-order valence-corrected chi connectivity index (χ1v) is 9.51. The van der Waals surface area contributed by atoms with Crippen molar-refractivity contribution >= 4 is 11.5 Å². The van der Waals surface area contributed by atoms with Gasteiger partial charge in [-0.15, -0.1) is 0 Å². The molecule has 140 valence electrons. The molecule has 0 N–H and O–H groups in total. The number of anilines is 1. The lowest BCUT2D eigenvalue weighted by Crippen LogP contribution is -2.25. The minimum absolute atomic E-state index is 0.883. The number of hydrogen-bond donors (Lipinski definition) is 0. The van der Waals surface area contributed by atoms with E-state index in [0.29, 0.717) is 0 Å². The third kappa shape index (κ3) is 3.57. The summed E-state index contributed by atoms with van der Waals surface area (Å²) < 4.78 is 1.96. The first kappa shape index (κ1) is 19.9. The van der Waals surface area contributed by atoms with E-state index in [1.165, 1.54) is 5.56 Å². The monoisotopic (exact) mass is 353 g/mol. The van der Waals surface area contributed by atoms with Crippen molar-refractivity contribution in [1.82, 2.24) is 19.6 Å². The topological polar surface area (TPSA) is 46.3 Å². The van der Waals surface area contributed by atoms with Crippen LogP contribution in [0.1, 0.15) is 50.2 Å². The zero-order chi connectivity index (χ0) is 19.4. The van der Waals surface area contributed by atoms with Gasteiger partial charge in [-0.1, -0.05) is 19.9 Å². The van der Waals surface area contributed by atoms with Gasteiger partial charge >= 0.3 is 0 Å². The zero-order valence-corrected chi connectivity index (χ0v) is 17.4. The van der Waals surface area contributed by atoms with E-state index >= 15 is 0 Å². The van der Waals surface area contributed by atoms with E-state index in [9.17, 15) is 0 Å². The summed E-state index contributed by atoms with van der Waals surface area (Å²) in [5, 5.41) is 4.78. The Bertz CT molecular complexity index is 891. The Morgan fingerprint density at radius 1 is 1.00 bits per heavy atom. The molecule has 0 saturated heterocycles. The van der Waals surface area contributed by atoms with Crippen LogP contribution in [0.2, 0.25) is 0 Å². The van der Waals surface area contributed by atoms with Gasteiger partial charge < -0.3 is 4.90 Å². The molecule has 0 fully saturated rings. The lowest BCUT2D eigenvalue weighted by Gasteiger charge is -2.21. The van der Waals surface area contributed by atoms with E-state index < -0.39 is 0 Å². The van der Waals surface area contributed by atoms with Gasteiger partial charge in [0.2, 0.25) is 0 Å². The van der Waals surface area contributed by atoms with Crippen LogP contribution in [0.25, 0.3) is 16.9 Å². The summed E-state index contributed by atoms with van der Waals surface area (Å²) in [6.07, 6.45) is 1.91. The molecule has 3 aromatic heterocycles. The van der Waals surface area contributed by atoms with E-state index in [-0.39, 0.29) is 0 Å². The molecule has 5 heteroatoms. The molecule has 26 heavy (non-hydrogen) atoms. The van der Waals surface area contributed by atoms with Gasteiger partial charge in [-0.2, -0.15) is 9.61 Å². The Balaban J connectivity index is 0.00000117. The molecule has 3 rings (SSSR count). The third-order valence-electron chi connectivity index (χ3n) is 4.41. The molecule has 3 aromatic rings. The van der Waals surface area contributed by atoms with Crippen LogP contribution in [0.5, 0.6) is 0 Å². The molecule has 0 unspecified atom stereocenters. The number of hydrogen-bond acceptors (Lipinski definition) is 4. The van der Waals surface area contributed by atoms with Gasteiger partial charge in [-0.05, 0) is 52.7 Å². The van der Waals surface area contributed by atoms with Crippen molar-refractivity contribution in [3.8, 4) is 11.3 Å². The zero-order valence-electron chi connectivity index (χ0n) is 17.4. The molecule has 0 radical (unpaired) electrons. The van der Waals surface area contributed by atoms with Gasteiger partial charge in [0.05, 0.1) is 17.0 Å². The predicted molar refractivity (Wildman–Crippen MR) is 110 cm³/mol. The van der Waals surface area contributed by atoms with Crippen LogP contribution in [-0.4, -0.2) is 32.7 Å². The molecular weight excluding hydrogens is 322 g/mol. The minimum atomic E-state index is 0.883. The summed E-state index contributed by atoms with van der Waals surface area (Å²) in [6, 6.07) is 4.26. The van der Waals surface area contributed by atoms with Crippen molar-refractivity contribution in [2.45, 2.75) is 55.4 Å². The van der Waals surface area contributed by atoms with Gasteiger partial charge in [0.15, 0.2) is 5.65 Å². The number of pyridine rings is 1. The Labute approximate surface area is 157 Å². The van der Waals surface area contributed by atoms with Crippen LogP contribution in [-0.2, 0) is 0 Å². The number of nitrogens with zero attached hydrogens (tertiary/aromatic N) is 5. The molecule has 0 spiro atoms. The first-order chi connectivity index (χ1) is 12.5. The Hall–Kier alpha value is -2.43. The van der Waals surface area contributed by atoms with E-state index in [1.807, 2.05) is 38.4 Å². The average Bonchev–Trinajstić information content (AvgIpc) is 2.94. The first-order valence-electron chi connectivity index (χ1n) is 9.51. The second kappa shape index (κ2) is 8.30. The Kier molecular flexibility index (Phi) is 6.35. The fourth-order valence-corrected chi connectivity index (χ4v) is 3.25. The van der Waals surface area contributed by atoms with Crippen molar-refractivity contribution in [3.05, 3.63) is 40.8 Å². The maximum atomic E-state index is 4.78. The largest absolute Gasteiger partial charge is 0.357 e. The van der Waals surface area contributed by atoms with Crippen LogP contribution in [0.15, 0.2) is 18.3 Å². The highest BCUT2D eigenvalue weighted by Crippen LogP contribution is 2.31. The maximum Gasteiger partial charge on any atom is 0.167 e. The smallest absolute Gasteiger partial charge is 0.167 e. The third-order valence-corrected chi connectivity index (χ3v) is 4.41. The molecule has 0 bridgehead atoms. The van der Waals surface area contributed by atoms with Crippen LogP contribution in [0, 0.1) is 27.7 Å². The maximum absolute atomic E-state index is 4.78. The van der Waals surface area contributed by atoms with Crippen molar-refractivity contribution in [2.75, 3.05) is 18.0 Å². The minimum Gasteiger partial charge on any atom is -0.357 e. The number of aromatic nitrogens is 4. The van der Waals surface area contributed by atoms with Crippen LogP contribution < -0.4 is 4.90 Å². The van der Waals surface area contributed by atoms with E-state index in [0.717, 1.165) is 52.8 Å². The van der Waals surface area contributed by atoms with Gasteiger partial charge in [-0.25, -0.2) is 4.98 Å². The van der Waals surface area contributed by atoms with E-state index in [4.69, 9.17) is 10.1 Å². The molecule has 0 aliphatic heterocycles. The van der Waals surface area contributed by atoms with Gasteiger partial charge in [0.25, 0.3) is 0 Å². The van der Waals surface area contributed by atoms with Gasteiger partial charge in [-0.3, -0.25) is 4.98 Å². The fraction of sp³-hybridized carbons (Fsp3) is 0.476. The Morgan fingerprint density at radius 3 is 2.23 bits per heavy atom. The van der Waals surface area contributed by atoms with Crippen LogP contribution in [0.4, 0.5) is 5.82 Å². The molecular formula is C21H31N5. The molecule has 0 amide bonds. The highest BCUT2D eigenvalue weighted by atomic mass is 15.3. The molecule has 3 heterocycles. The molecule has 0 saturated carbocycles. The summed E-state index contributed by atoms with van der Waals surface area (Å²) in [6.45, 7) is 18.4. The normalized spacial score (nSPS) is 10.6.